The van der Waals surface area contributed by atoms with Crippen LogP contribution in [0.15, 0.2) is 12.1 Å². The van der Waals surface area contributed by atoms with Gasteiger partial charge in [0.1, 0.15) is 0 Å². The molecule has 0 saturated heterocycles. The first-order valence-electron chi connectivity index (χ1n) is 6.05. The van der Waals surface area contributed by atoms with E-state index >= 15 is 0 Å². The Kier molecular flexibility index (Phi) is 3.56. The van der Waals surface area contributed by atoms with Crippen molar-refractivity contribution in [2.45, 2.75) is 45.1 Å². The van der Waals surface area contributed by atoms with Gasteiger partial charge in [0.25, 0.3) is 0 Å². The quantitative estimate of drug-likeness (QED) is 0.645. The van der Waals surface area contributed by atoms with E-state index in [1.165, 1.54) is 25.3 Å². The number of rotatable bonds is 3. The monoisotopic (exact) mass is 235 g/mol. The minimum Gasteiger partial charge on any atom is -0.362 e. The molecular weight excluding hydrogens is 218 g/mol. The zero-order valence-corrected chi connectivity index (χ0v) is 9.98. The van der Waals surface area contributed by atoms with Crippen molar-refractivity contribution < 1.29 is 4.92 Å². The Morgan fingerprint density at radius 3 is 2.71 bits per heavy atom. The fourth-order valence-corrected chi connectivity index (χ4v) is 2.24. The summed E-state index contributed by atoms with van der Waals surface area (Å²) in [5, 5.41) is 14.1. The second kappa shape index (κ2) is 5.12. The Labute approximate surface area is 100 Å². The predicted octanol–water partition coefficient (Wildman–Crippen LogP) is 3.04. The van der Waals surface area contributed by atoms with Crippen LogP contribution < -0.4 is 5.32 Å². The molecule has 1 aliphatic carbocycles. The van der Waals surface area contributed by atoms with Crippen LogP contribution in [0.25, 0.3) is 0 Å². The van der Waals surface area contributed by atoms with Crippen LogP contribution in [0.3, 0.4) is 0 Å². The molecule has 1 N–H and O–H groups in total. The number of nitro groups is 1. The van der Waals surface area contributed by atoms with E-state index in [0.29, 0.717) is 11.9 Å². The van der Waals surface area contributed by atoms with Gasteiger partial charge in [0.05, 0.1) is 4.92 Å². The number of pyridine rings is 1. The maximum absolute atomic E-state index is 10.9. The van der Waals surface area contributed by atoms with Gasteiger partial charge in [-0.3, -0.25) is 10.1 Å². The lowest BCUT2D eigenvalue weighted by Gasteiger charge is -2.23. The Bertz CT molecular complexity index is 414. The molecule has 0 radical (unpaired) electrons. The first-order valence-corrected chi connectivity index (χ1v) is 6.05. The molecule has 92 valence electrons. The van der Waals surface area contributed by atoms with Crippen LogP contribution in [0, 0.1) is 17.0 Å². The van der Waals surface area contributed by atoms with Gasteiger partial charge < -0.3 is 5.32 Å². The van der Waals surface area contributed by atoms with Gasteiger partial charge in [-0.25, -0.2) is 4.98 Å². The number of aryl methyl sites for hydroxylation is 1. The minimum atomic E-state index is -0.377. The summed E-state index contributed by atoms with van der Waals surface area (Å²) in [5.41, 5.74) is 0.870. The molecule has 1 saturated carbocycles. The number of nitrogens with one attached hydrogen (secondary N) is 1. The Morgan fingerprint density at radius 2 is 2.06 bits per heavy atom. The Morgan fingerprint density at radius 1 is 1.35 bits per heavy atom. The molecule has 0 aliphatic heterocycles. The van der Waals surface area contributed by atoms with Gasteiger partial charge >= 0.3 is 5.69 Å². The van der Waals surface area contributed by atoms with Gasteiger partial charge in [0.2, 0.25) is 5.82 Å². The van der Waals surface area contributed by atoms with Crippen molar-refractivity contribution in [2.75, 3.05) is 5.32 Å². The standard InChI is InChI=1S/C12H17N3O2/c1-9-7-8-11(15(16)17)12(13-9)14-10-5-3-2-4-6-10/h7-8,10H,2-6H2,1H3,(H,13,14). The lowest BCUT2D eigenvalue weighted by molar-refractivity contribution is -0.384. The van der Waals surface area contributed by atoms with Gasteiger partial charge in [-0.15, -0.1) is 0 Å². The molecule has 0 unspecified atom stereocenters. The number of nitrogens with zero attached hydrogens (tertiary/aromatic N) is 2. The number of hydrogen-bond donors (Lipinski definition) is 1. The lowest BCUT2D eigenvalue weighted by Crippen LogP contribution is -2.23. The van der Waals surface area contributed by atoms with Gasteiger partial charge in [-0.2, -0.15) is 0 Å². The number of anilines is 1. The average Bonchev–Trinajstić information content (AvgIpc) is 2.30. The maximum Gasteiger partial charge on any atom is 0.311 e. The van der Waals surface area contributed by atoms with Crippen molar-refractivity contribution in [1.29, 1.82) is 0 Å². The smallest absolute Gasteiger partial charge is 0.311 e. The van der Waals surface area contributed by atoms with Crippen LogP contribution in [0.1, 0.15) is 37.8 Å². The summed E-state index contributed by atoms with van der Waals surface area (Å²) in [4.78, 5) is 14.8. The predicted molar refractivity (Wildman–Crippen MR) is 66.1 cm³/mol. The summed E-state index contributed by atoms with van der Waals surface area (Å²) in [5.74, 6) is 0.418. The highest BCUT2D eigenvalue weighted by Crippen LogP contribution is 2.26. The molecule has 17 heavy (non-hydrogen) atoms. The molecule has 1 fully saturated rings. The minimum absolute atomic E-state index is 0.0705. The summed E-state index contributed by atoms with van der Waals surface area (Å²) < 4.78 is 0. The molecule has 5 heteroatoms. The molecule has 0 bridgehead atoms. The van der Waals surface area contributed by atoms with E-state index in [9.17, 15) is 10.1 Å². The van der Waals surface area contributed by atoms with Crippen LogP contribution in [0.4, 0.5) is 11.5 Å². The molecule has 0 amide bonds. The third-order valence-electron chi connectivity index (χ3n) is 3.16. The van der Waals surface area contributed by atoms with E-state index in [1.807, 2.05) is 6.92 Å². The second-order valence-corrected chi connectivity index (χ2v) is 4.56. The van der Waals surface area contributed by atoms with Crippen LogP contribution in [-0.2, 0) is 0 Å². The van der Waals surface area contributed by atoms with E-state index in [2.05, 4.69) is 10.3 Å². The molecule has 1 aromatic heterocycles. The van der Waals surface area contributed by atoms with Crippen molar-refractivity contribution >= 4 is 11.5 Å². The highest BCUT2D eigenvalue weighted by Gasteiger charge is 2.20. The van der Waals surface area contributed by atoms with Gasteiger partial charge in [0.15, 0.2) is 0 Å². The highest BCUT2D eigenvalue weighted by atomic mass is 16.6. The van der Waals surface area contributed by atoms with E-state index in [1.54, 1.807) is 6.07 Å². The molecular formula is C12H17N3O2. The van der Waals surface area contributed by atoms with Crippen LogP contribution in [0.2, 0.25) is 0 Å². The van der Waals surface area contributed by atoms with E-state index in [0.717, 1.165) is 18.5 Å². The topological polar surface area (TPSA) is 68.1 Å². The normalized spacial score (nSPS) is 16.8. The van der Waals surface area contributed by atoms with E-state index in [-0.39, 0.29) is 10.6 Å². The van der Waals surface area contributed by atoms with Crippen molar-refractivity contribution in [3.8, 4) is 0 Å². The van der Waals surface area contributed by atoms with Crippen LogP contribution in [0.5, 0.6) is 0 Å². The van der Waals surface area contributed by atoms with Crippen molar-refractivity contribution in [1.82, 2.24) is 4.98 Å². The molecule has 1 heterocycles. The Hall–Kier alpha value is -1.65. The zero-order valence-electron chi connectivity index (χ0n) is 9.98. The fraction of sp³-hybridized carbons (Fsp3) is 0.583. The maximum atomic E-state index is 10.9. The summed E-state index contributed by atoms with van der Waals surface area (Å²) in [6.07, 6.45) is 5.80. The van der Waals surface area contributed by atoms with Crippen molar-refractivity contribution in [2.24, 2.45) is 0 Å². The fourth-order valence-electron chi connectivity index (χ4n) is 2.24. The summed E-state index contributed by atoms with van der Waals surface area (Å²) in [6.45, 7) is 1.84. The lowest BCUT2D eigenvalue weighted by atomic mass is 9.95. The van der Waals surface area contributed by atoms with Gasteiger partial charge in [-0.1, -0.05) is 19.3 Å². The zero-order chi connectivity index (χ0) is 12.3. The molecule has 5 nitrogen and oxygen atoms in total. The largest absolute Gasteiger partial charge is 0.362 e. The van der Waals surface area contributed by atoms with E-state index < -0.39 is 0 Å². The molecule has 0 atom stereocenters. The van der Waals surface area contributed by atoms with E-state index in [4.69, 9.17) is 0 Å². The van der Waals surface area contributed by atoms with Crippen LogP contribution in [-0.4, -0.2) is 15.9 Å². The highest BCUT2D eigenvalue weighted by molar-refractivity contribution is 5.56. The first kappa shape index (κ1) is 11.8. The third-order valence-corrected chi connectivity index (χ3v) is 3.16. The number of hydrogen-bond acceptors (Lipinski definition) is 4. The first-order chi connectivity index (χ1) is 8.16. The number of aromatic nitrogens is 1. The Balaban J connectivity index is 2.17. The van der Waals surface area contributed by atoms with Gasteiger partial charge in [-0.05, 0) is 25.8 Å². The molecule has 0 spiro atoms. The summed E-state index contributed by atoms with van der Waals surface area (Å²) >= 11 is 0. The average molecular weight is 235 g/mol. The van der Waals surface area contributed by atoms with Crippen LogP contribution >= 0.6 is 0 Å². The second-order valence-electron chi connectivity index (χ2n) is 4.56. The van der Waals surface area contributed by atoms with Crippen molar-refractivity contribution in [3.63, 3.8) is 0 Å². The third kappa shape index (κ3) is 2.93. The molecule has 0 aromatic carbocycles. The summed E-state index contributed by atoms with van der Waals surface area (Å²) in [6, 6.07) is 3.52. The van der Waals surface area contributed by atoms with Gasteiger partial charge in [0, 0.05) is 17.8 Å². The van der Waals surface area contributed by atoms with Crippen molar-refractivity contribution in [3.05, 3.63) is 27.9 Å². The molecule has 1 aromatic rings. The SMILES string of the molecule is Cc1ccc([N+](=O)[O-])c(NC2CCCCC2)n1. The summed E-state index contributed by atoms with van der Waals surface area (Å²) in [7, 11) is 0. The molecule has 1 aliphatic rings. The molecule has 2 rings (SSSR count).